The Hall–Kier alpha value is -3.59. The van der Waals surface area contributed by atoms with Crippen LogP contribution in [-0.4, -0.2) is 30.3 Å². The van der Waals surface area contributed by atoms with E-state index in [0.717, 1.165) is 26.5 Å². The van der Waals surface area contributed by atoms with Gasteiger partial charge in [-0.2, -0.15) is 0 Å². The molecule has 8 nitrogen and oxygen atoms in total. The van der Waals surface area contributed by atoms with Gasteiger partial charge in [0.25, 0.3) is 5.56 Å². The number of imidazole rings is 1. The first-order valence-corrected chi connectivity index (χ1v) is 11.2. The number of para-hydroxylation sites is 1. The van der Waals surface area contributed by atoms with Crippen molar-refractivity contribution in [1.29, 1.82) is 0 Å². The maximum Gasteiger partial charge on any atom is 0.332 e. The Morgan fingerprint density at radius 2 is 1.75 bits per heavy atom. The van der Waals surface area contributed by atoms with Crippen LogP contribution < -0.4 is 16.1 Å². The monoisotopic (exact) mass is 447 g/mol. The Labute approximate surface area is 187 Å². The Kier molecular flexibility index (Phi) is 4.97. The van der Waals surface area contributed by atoms with Gasteiger partial charge in [-0.05, 0) is 17.7 Å². The summed E-state index contributed by atoms with van der Waals surface area (Å²) in [6, 6.07) is 17.7. The number of hydrogen-bond acceptors (Lipinski definition) is 5. The van der Waals surface area contributed by atoms with Crippen LogP contribution in [-0.2, 0) is 25.4 Å². The highest BCUT2D eigenvalue weighted by molar-refractivity contribution is 7.99. The van der Waals surface area contributed by atoms with E-state index in [9.17, 15) is 14.4 Å². The molecule has 2 aromatic heterocycles. The molecule has 1 aliphatic rings. The molecule has 0 radical (unpaired) electrons. The lowest BCUT2D eigenvalue weighted by atomic mass is 10.1. The van der Waals surface area contributed by atoms with Crippen LogP contribution in [0.25, 0.3) is 11.2 Å². The molecule has 0 spiro atoms. The minimum atomic E-state index is -0.470. The van der Waals surface area contributed by atoms with Crippen molar-refractivity contribution in [2.45, 2.75) is 17.5 Å². The Morgan fingerprint density at radius 3 is 2.53 bits per heavy atom. The zero-order valence-electron chi connectivity index (χ0n) is 17.6. The van der Waals surface area contributed by atoms with Crippen molar-refractivity contribution in [2.75, 3.05) is 10.7 Å². The van der Waals surface area contributed by atoms with Crippen molar-refractivity contribution in [3.63, 3.8) is 0 Å². The van der Waals surface area contributed by atoms with Gasteiger partial charge >= 0.3 is 5.69 Å². The van der Waals surface area contributed by atoms with E-state index in [1.54, 1.807) is 18.8 Å². The molecule has 0 unspecified atom stereocenters. The van der Waals surface area contributed by atoms with E-state index in [1.807, 2.05) is 59.5 Å². The van der Waals surface area contributed by atoms with Gasteiger partial charge in [0.1, 0.15) is 6.54 Å². The van der Waals surface area contributed by atoms with Crippen LogP contribution in [0.15, 0.2) is 75.4 Å². The number of aryl methyl sites for hydroxylation is 1. The van der Waals surface area contributed by atoms with Gasteiger partial charge in [0, 0.05) is 24.7 Å². The highest BCUT2D eigenvalue weighted by atomic mass is 32.2. The molecule has 0 N–H and O–H groups in total. The van der Waals surface area contributed by atoms with Crippen LogP contribution in [0, 0.1) is 0 Å². The molecule has 5 rings (SSSR count). The fraction of sp³-hybridized carbons (Fsp3) is 0.217. The molecule has 4 aromatic rings. The van der Waals surface area contributed by atoms with Gasteiger partial charge in [-0.1, -0.05) is 42.5 Å². The lowest BCUT2D eigenvalue weighted by Gasteiger charge is -2.37. The number of amides is 1. The molecule has 3 heterocycles. The van der Waals surface area contributed by atoms with Crippen molar-refractivity contribution >= 4 is 34.5 Å². The summed E-state index contributed by atoms with van der Waals surface area (Å²) in [6.07, 6.45) is 1.45. The minimum absolute atomic E-state index is 0.0632. The Balaban J connectivity index is 1.60. The van der Waals surface area contributed by atoms with Crippen molar-refractivity contribution in [3.05, 3.63) is 87.3 Å². The molecule has 0 saturated heterocycles. The molecule has 9 heteroatoms. The fourth-order valence-electron chi connectivity index (χ4n) is 4.16. The summed E-state index contributed by atoms with van der Waals surface area (Å²) in [5, 5.41) is 0. The SMILES string of the molecule is Cn1c(=O)c2c(ncn2CC(=O)N2c3ccccc3SC[C@@H]2c2ccccc2)n(C)c1=O. The average molecular weight is 448 g/mol. The van der Waals surface area contributed by atoms with Gasteiger partial charge in [0.15, 0.2) is 11.2 Å². The first-order valence-electron chi connectivity index (χ1n) is 10.2. The van der Waals surface area contributed by atoms with Crippen molar-refractivity contribution in [2.24, 2.45) is 14.1 Å². The second-order valence-electron chi connectivity index (χ2n) is 7.72. The van der Waals surface area contributed by atoms with E-state index in [4.69, 9.17) is 0 Å². The van der Waals surface area contributed by atoms with Crippen molar-refractivity contribution in [3.8, 4) is 0 Å². The van der Waals surface area contributed by atoms with E-state index in [-0.39, 0.29) is 29.7 Å². The third kappa shape index (κ3) is 3.16. The predicted octanol–water partition coefficient (Wildman–Crippen LogP) is 2.31. The molecule has 0 fully saturated rings. The number of hydrogen-bond donors (Lipinski definition) is 0. The number of benzene rings is 2. The highest BCUT2D eigenvalue weighted by Gasteiger charge is 2.33. The van der Waals surface area contributed by atoms with Crippen LogP contribution in [0.1, 0.15) is 11.6 Å². The fourth-order valence-corrected chi connectivity index (χ4v) is 5.32. The Bertz CT molecular complexity index is 1450. The lowest BCUT2D eigenvalue weighted by molar-refractivity contribution is -0.119. The zero-order valence-corrected chi connectivity index (χ0v) is 18.5. The van der Waals surface area contributed by atoms with E-state index in [1.165, 1.54) is 22.5 Å². The standard InChI is InChI=1S/C23H21N5O3S/c1-25-21-20(22(30)26(2)23(25)31)27(14-24-21)12-19(29)28-16-10-6-7-11-18(16)32-13-17(28)15-8-4-3-5-9-15/h3-11,14,17H,12-13H2,1-2H3/t17-/m1/s1. The van der Waals surface area contributed by atoms with Gasteiger partial charge in [-0.3, -0.25) is 18.7 Å². The number of aromatic nitrogens is 4. The van der Waals surface area contributed by atoms with Crippen LogP contribution in [0.5, 0.6) is 0 Å². The van der Waals surface area contributed by atoms with Gasteiger partial charge in [-0.25, -0.2) is 9.78 Å². The summed E-state index contributed by atoms with van der Waals surface area (Å²) in [5.41, 5.74) is 1.48. The smallest absolute Gasteiger partial charge is 0.315 e. The van der Waals surface area contributed by atoms with E-state index in [0.29, 0.717) is 0 Å². The number of fused-ring (bicyclic) bond motifs is 2. The van der Waals surface area contributed by atoms with Gasteiger partial charge < -0.3 is 9.47 Å². The van der Waals surface area contributed by atoms with Crippen molar-refractivity contribution in [1.82, 2.24) is 18.7 Å². The number of carbonyl (C=O) groups excluding carboxylic acids is 1. The number of carbonyl (C=O) groups is 1. The summed E-state index contributed by atoms with van der Waals surface area (Å²) < 4.78 is 3.88. The van der Waals surface area contributed by atoms with Crippen LogP contribution >= 0.6 is 11.8 Å². The highest BCUT2D eigenvalue weighted by Crippen LogP contribution is 2.43. The second kappa shape index (κ2) is 7.83. The van der Waals surface area contributed by atoms with Gasteiger partial charge in [-0.15, -0.1) is 11.8 Å². The number of nitrogens with zero attached hydrogens (tertiary/aromatic N) is 5. The molecular weight excluding hydrogens is 426 g/mol. The quantitative estimate of drug-likeness (QED) is 0.481. The molecule has 32 heavy (non-hydrogen) atoms. The first-order chi connectivity index (χ1) is 15.5. The zero-order chi connectivity index (χ0) is 22.4. The summed E-state index contributed by atoms with van der Waals surface area (Å²) in [6.45, 7) is -0.0632. The number of thioether (sulfide) groups is 1. The number of anilines is 1. The van der Waals surface area contributed by atoms with Gasteiger partial charge in [0.2, 0.25) is 5.91 Å². The maximum atomic E-state index is 13.7. The first kappa shape index (κ1) is 20.3. The van der Waals surface area contributed by atoms with Crippen molar-refractivity contribution < 1.29 is 4.79 Å². The van der Waals surface area contributed by atoms with E-state index in [2.05, 4.69) is 4.98 Å². The average Bonchev–Trinajstić information content (AvgIpc) is 3.24. The minimum Gasteiger partial charge on any atom is -0.315 e. The van der Waals surface area contributed by atoms with Crippen LogP contribution in [0.2, 0.25) is 0 Å². The molecule has 0 bridgehead atoms. The van der Waals surface area contributed by atoms with Gasteiger partial charge in [0.05, 0.1) is 18.1 Å². The summed E-state index contributed by atoms with van der Waals surface area (Å²) >= 11 is 1.73. The lowest BCUT2D eigenvalue weighted by Crippen LogP contribution is -2.41. The largest absolute Gasteiger partial charge is 0.332 e. The molecule has 162 valence electrons. The third-order valence-electron chi connectivity index (χ3n) is 5.81. The molecule has 1 amide bonds. The Morgan fingerprint density at radius 1 is 1.03 bits per heavy atom. The molecule has 0 saturated carbocycles. The van der Waals surface area contributed by atoms with Crippen LogP contribution in [0.4, 0.5) is 5.69 Å². The van der Waals surface area contributed by atoms with E-state index >= 15 is 0 Å². The topological polar surface area (TPSA) is 82.1 Å². The molecule has 2 aromatic carbocycles. The molecule has 1 atom stereocenters. The second-order valence-corrected chi connectivity index (χ2v) is 8.78. The third-order valence-corrected chi connectivity index (χ3v) is 6.95. The molecule has 0 aliphatic carbocycles. The normalized spacial score (nSPS) is 15.7. The predicted molar refractivity (Wildman–Crippen MR) is 124 cm³/mol. The van der Waals surface area contributed by atoms with Crippen LogP contribution in [0.3, 0.4) is 0 Å². The summed E-state index contributed by atoms with van der Waals surface area (Å²) in [7, 11) is 2.99. The maximum absolute atomic E-state index is 13.7. The molecular formula is C23H21N5O3S. The molecule has 1 aliphatic heterocycles. The van der Waals surface area contributed by atoms with E-state index < -0.39 is 11.2 Å². The number of rotatable bonds is 3. The summed E-state index contributed by atoms with van der Waals surface area (Å²) in [4.78, 5) is 45.8. The summed E-state index contributed by atoms with van der Waals surface area (Å²) in [5.74, 6) is 0.579.